The fourth-order valence-corrected chi connectivity index (χ4v) is 3.24. The minimum absolute atomic E-state index is 0.132. The molecule has 1 atom stereocenters. The molecule has 6 nitrogen and oxygen atoms in total. The summed E-state index contributed by atoms with van der Waals surface area (Å²) < 4.78 is 34.0. The number of hydrogen-bond donors (Lipinski definition) is 1. The second-order valence-electron chi connectivity index (χ2n) is 6.36. The van der Waals surface area contributed by atoms with E-state index in [-0.39, 0.29) is 11.9 Å². The van der Waals surface area contributed by atoms with Crippen molar-refractivity contribution in [3.63, 3.8) is 0 Å². The molecule has 0 radical (unpaired) electrons. The molecular weight excluding hydrogens is 340 g/mol. The van der Waals surface area contributed by atoms with E-state index in [1.165, 1.54) is 6.07 Å². The summed E-state index contributed by atoms with van der Waals surface area (Å²) in [6.45, 7) is 3.13. The SMILES string of the molecule is Cn1ccnc1C1CNCCN1Cc1coc(-c2ccc(F)c(F)c2)n1. The Labute approximate surface area is 149 Å². The highest BCUT2D eigenvalue weighted by Crippen LogP contribution is 2.25. The molecule has 136 valence electrons. The minimum Gasteiger partial charge on any atom is -0.444 e. The Morgan fingerprint density at radius 1 is 1.31 bits per heavy atom. The van der Waals surface area contributed by atoms with Gasteiger partial charge in [-0.2, -0.15) is 0 Å². The lowest BCUT2D eigenvalue weighted by molar-refractivity contribution is 0.143. The van der Waals surface area contributed by atoms with Crippen molar-refractivity contribution in [2.45, 2.75) is 12.6 Å². The number of aromatic nitrogens is 3. The molecule has 2 aromatic heterocycles. The summed E-state index contributed by atoms with van der Waals surface area (Å²) >= 11 is 0. The second-order valence-corrected chi connectivity index (χ2v) is 6.36. The largest absolute Gasteiger partial charge is 0.444 e. The van der Waals surface area contributed by atoms with Crippen molar-refractivity contribution < 1.29 is 13.2 Å². The van der Waals surface area contributed by atoms with Crippen LogP contribution in [0.4, 0.5) is 8.78 Å². The van der Waals surface area contributed by atoms with E-state index in [0.29, 0.717) is 12.1 Å². The predicted molar refractivity (Wildman–Crippen MR) is 91.1 cm³/mol. The third kappa shape index (κ3) is 3.25. The van der Waals surface area contributed by atoms with Gasteiger partial charge in [0.1, 0.15) is 12.1 Å². The maximum absolute atomic E-state index is 13.4. The zero-order chi connectivity index (χ0) is 18.1. The summed E-state index contributed by atoms with van der Waals surface area (Å²) in [5.74, 6) is -0.539. The lowest BCUT2D eigenvalue weighted by Gasteiger charge is -2.35. The fourth-order valence-electron chi connectivity index (χ4n) is 3.24. The lowest BCUT2D eigenvalue weighted by Crippen LogP contribution is -2.46. The first-order chi connectivity index (χ1) is 12.6. The first-order valence-electron chi connectivity index (χ1n) is 8.43. The van der Waals surface area contributed by atoms with Crippen LogP contribution in [-0.2, 0) is 13.6 Å². The molecule has 1 aliphatic heterocycles. The Bertz CT molecular complexity index is 907. The Balaban J connectivity index is 1.54. The number of imidazole rings is 1. The number of halogens is 2. The van der Waals surface area contributed by atoms with Gasteiger partial charge in [-0.15, -0.1) is 0 Å². The van der Waals surface area contributed by atoms with Gasteiger partial charge in [-0.1, -0.05) is 0 Å². The molecule has 1 fully saturated rings. The topological polar surface area (TPSA) is 59.1 Å². The lowest BCUT2D eigenvalue weighted by atomic mass is 10.1. The molecule has 1 aromatic carbocycles. The van der Waals surface area contributed by atoms with Crippen molar-refractivity contribution >= 4 is 0 Å². The first kappa shape index (κ1) is 16.9. The average Bonchev–Trinajstić information content (AvgIpc) is 3.27. The average molecular weight is 359 g/mol. The van der Waals surface area contributed by atoms with Gasteiger partial charge in [0.15, 0.2) is 11.6 Å². The Morgan fingerprint density at radius 2 is 2.19 bits per heavy atom. The fraction of sp³-hybridized carbons (Fsp3) is 0.333. The van der Waals surface area contributed by atoms with Crippen molar-refractivity contribution in [3.05, 3.63) is 60.0 Å². The number of rotatable bonds is 4. The van der Waals surface area contributed by atoms with Crippen molar-refractivity contribution in [3.8, 4) is 11.5 Å². The highest BCUT2D eigenvalue weighted by Gasteiger charge is 2.27. The molecule has 0 aliphatic carbocycles. The van der Waals surface area contributed by atoms with Crippen LogP contribution in [0.2, 0.25) is 0 Å². The van der Waals surface area contributed by atoms with E-state index in [1.54, 1.807) is 12.5 Å². The molecule has 1 N–H and O–H groups in total. The Hall–Kier alpha value is -2.58. The van der Waals surface area contributed by atoms with E-state index in [4.69, 9.17) is 4.42 Å². The van der Waals surface area contributed by atoms with Gasteiger partial charge in [0.25, 0.3) is 0 Å². The molecule has 8 heteroatoms. The van der Waals surface area contributed by atoms with E-state index in [0.717, 1.165) is 43.3 Å². The maximum atomic E-state index is 13.4. The van der Waals surface area contributed by atoms with Crippen molar-refractivity contribution in [2.24, 2.45) is 7.05 Å². The maximum Gasteiger partial charge on any atom is 0.226 e. The van der Waals surface area contributed by atoms with Crippen LogP contribution in [0.15, 0.2) is 41.3 Å². The summed E-state index contributed by atoms with van der Waals surface area (Å²) in [5, 5.41) is 3.39. The molecule has 1 unspecified atom stereocenters. The van der Waals surface area contributed by atoms with Crippen LogP contribution in [0.1, 0.15) is 17.6 Å². The molecule has 0 saturated carbocycles. The van der Waals surface area contributed by atoms with Gasteiger partial charge in [0, 0.05) is 51.2 Å². The smallest absolute Gasteiger partial charge is 0.226 e. The van der Waals surface area contributed by atoms with E-state index in [1.807, 2.05) is 17.8 Å². The van der Waals surface area contributed by atoms with Gasteiger partial charge in [0.2, 0.25) is 5.89 Å². The van der Waals surface area contributed by atoms with Gasteiger partial charge in [-0.05, 0) is 18.2 Å². The molecule has 1 aliphatic rings. The van der Waals surface area contributed by atoms with Crippen LogP contribution in [0.25, 0.3) is 11.5 Å². The van der Waals surface area contributed by atoms with Gasteiger partial charge < -0.3 is 14.3 Å². The van der Waals surface area contributed by atoms with Crippen LogP contribution in [0.5, 0.6) is 0 Å². The van der Waals surface area contributed by atoms with Crippen LogP contribution in [0, 0.1) is 11.6 Å². The summed E-state index contributed by atoms with van der Waals surface area (Å²) in [7, 11) is 1.98. The monoisotopic (exact) mass is 359 g/mol. The molecule has 0 bridgehead atoms. The van der Waals surface area contributed by atoms with Gasteiger partial charge >= 0.3 is 0 Å². The minimum atomic E-state index is -0.917. The molecule has 1 saturated heterocycles. The van der Waals surface area contributed by atoms with Crippen molar-refractivity contribution in [2.75, 3.05) is 19.6 Å². The zero-order valence-electron chi connectivity index (χ0n) is 14.3. The van der Waals surface area contributed by atoms with Crippen LogP contribution in [-0.4, -0.2) is 39.1 Å². The summed E-state index contributed by atoms with van der Waals surface area (Å²) in [4.78, 5) is 11.2. The van der Waals surface area contributed by atoms with Crippen molar-refractivity contribution in [1.29, 1.82) is 0 Å². The number of benzene rings is 1. The van der Waals surface area contributed by atoms with Crippen LogP contribution < -0.4 is 5.32 Å². The number of nitrogens with zero attached hydrogens (tertiary/aromatic N) is 4. The molecular formula is C18H19F2N5O. The molecule has 3 heterocycles. The normalized spacial score (nSPS) is 18.3. The predicted octanol–water partition coefficient (Wildman–Crippen LogP) is 2.50. The molecule has 26 heavy (non-hydrogen) atoms. The third-order valence-electron chi connectivity index (χ3n) is 4.59. The summed E-state index contributed by atoms with van der Waals surface area (Å²) in [6.07, 6.45) is 5.28. The highest BCUT2D eigenvalue weighted by molar-refractivity contribution is 5.53. The van der Waals surface area contributed by atoms with Crippen LogP contribution >= 0.6 is 0 Å². The van der Waals surface area contributed by atoms with E-state index in [2.05, 4.69) is 20.2 Å². The Kier molecular flexibility index (Phi) is 4.52. The molecule has 0 spiro atoms. The summed E-state index contributed by atoms with van der Waals surface area (Å²) in [5.41, 5.74) is 1.15. The zero-order valence-corrected chi connectivity index (χ0v) is 14.3. The quantitative estimate of drug-likeness (QED) is 0.776. The second kappa shape index (κ2) is 6.97. The molecule has 0 amide bonds. The van der Waals surface area contributed by atoms with E-state index < -0.39 is 11.6 Å². The van der Waals surface area contributed by atoms with E-state index >= 15 is 0 Å². The molecule has 4 rings (SSSR count). The number of piperazine rings is 1. The van der Waals surface area contributed by atoms with Gasteiger partial charge in [-0.25, -0.2) is 18.7 Å². The van der Waals surface area contributed by atoms with Gasteiger partial charge in [0.05, 0.1) is 11.7 Å². The number of nitrogens with one attached hydrogen (secondary N) is 1. The number of oxazole rings is 1. The van der Waals surface area contributed by atoms with E-state index in [9.17, 15) is 8.78 Å². The standard InChI is InChI=1S/C18H19F2N5O/c1-24-6-5-22-17(24)16-9-21-4-7-25(16)10-13-11-26-18(23-13)12-2-3-14(19)15(20)8-12/h2-3,5-6,8,11,16,21H,4,7,9-10H2,1H3. The molecule has 3 aromatic rings. The van der Waals surface area contributed by atoms with Gasteiger partial charge in [-0.3, -0.25) is 4.90 Å². The highest BCUT2D eigenvalue weighted by atomic mass is 19.2. The third-order valence-corrected chi connectivity index (χ3v) is 4.59. The Morgan fingerprint density at radius 3 is 2.96 bits per heavy atom. The van der Waals surface area contributed by atoms with Crippen LogP contribution in [0.3, 0.4) is 0 Å². The number of hydrogen-bond acceptors (Lipinski definition) is 5. The van der Waals surface area contributed by atoms with Crippen molar-refractivity contribution in [1.82, 2.24) is 24.8 Å². The number of aryl methyl sites for hydroxylation is 1. The summed E-state index contributed by atoms with van der Waals surface area (Å²) in [6, 6.07) is 3.75. The first-order valence-corrected chi connectivity index (χ1v) is 8.43.